The first-order valence-corrected chi connectivity index (χ1v) is 9.30. The van der Waals surface area contributed by atoms with Crippen LogP contribution in [0, 0.1) is 5.92 Å². The Morgan fingerprint density at radius 2 is 2.12 bits per heavy atom. The zero-order valence-corrected chi connectivity index (χ0v) is 14.6. The minimum absolute atomic E-state index is 0.171. The number of nitrogens with zero attached hydrogens (tertiary/aromatic N) is 2. The van der Waals surface area contributed by atoms with Crippen LogP contribution in [0.1, 0.15) is 29.9 Å². The second-order valence-corrected chi connectivity index (χ2v) is 7.25. The first kappa shape index (κ1) is 15.5. The number of hydrogen-bond donors (Lipinski definition) is 1. The van der Waals surface area contributed by atoms with Gasteiger partial charge in [0.2, 0.25) is 0 Å². The number of ether oxygens (including phenoxy) is 1. The topological polar surface area (TPSA) is 47.0 Å². The summed E-state index contributed by atoms with van der Waals surface area (Å²) >= 11 is 1.75. The van der Waals surface area contributed by atoms with Crippen molar-refractivity contribution >= 4 is 27.4 Å². The lowest BCUT2D eigenvalue weighted by Crippen LogP contribution is -2.18. The fraction of sp³-hybridized carbons (Fsp3) is 0.368. The Bertz CT molecular complexity index is 818. The highest BCUT2D eigenvalue weighted by Crippen LogP contribution is 2.35. The first-order chi connectivity index (χ1) is 11.8. The molecule has 0 radical (unpaired) electrons. The zero-order valence-electron chi connectivity index (χ0n) is 13.7. The number of anilines is 1. The van der Waals surface area contributed by atoms with E-state index in [1.807, 2.05) is 6.07 Å². The molecule has 5 heteroatoms. The summed E-state index contributed by atoms with van der Waals surface area (Å²) in [5.41, 5.74) is 1.26. The van der Waals surface area contributed by atoms with Crippen LogP contribution in [0.4, 0.5) is 5.82 Å². The molecular formula is C19H21N3OS. The second kappa shape index (κ2) is 6.87. The molecule has 24 heavy (non-hydrogen) atoms. The Morgan fingerprint density at radius 3 is 2.96 bits per heavy atom. The minimum atomic E-state index is 0.171. The van der Waals surface area contributed by atoms with Crippen molar-refractivity contribution in [1.82, 2.24) is 9.97 Å². The molecule has 3 aromatic rings. The maximum Gasteiger partial charge on any atom is 0.138 e. The Morgan fingerprint density at radius 1 is 1.25 bits per heavy atom. The van der Waals surface area contributed by atoms with E-state index in [1.165, 1.54) is 10.4 Å². The van der Waals surface area contributed by atoms with E-state index >= 15 is 0 Å². The molecule has 0 amide bonds. The molecule has 124 valence electrons. The van der Waals surface area contributed by atoms with Crippen molar-refractivity contribution in [1.29, 1.82) is 0 Å². The third-order valence-corrected chi connectivity index (χ3v) is 5.79. The van der Waals surface area contributed by atoms with Crippen molar-refractivity contribution in [2.45, 2.75) is 25.9 Å². The van der Waals surface area contributed by atoms with Crippen molar-refractivity contribution in [3.63, 3.8) is 0 Å². The van der Waals surface area contributed by atoms with E-state index in [4.69, 9.17) is 4.74 Å². The fourth-order valence-corrected chi connectivity index (χ4v) is 4.24. The van der Waals surface area contributed by atoms with Gasteiger partial charge >= 0.3 is 0 Å². The lowest BCUT2D eigenvalue weighted by molar-refractivity contribution is 0.0933. The summed E-state index contributed by atoms with van der Waals surface area (Å²) in [4.78, 5) is 11.3. The van der Waals surface area contributed by atoms with Gasteiger partial charge in [0, 0.05) is 23.9 Å². The summed E-state index contributed by atoms with van der Waals surface area (Å²) in [6, 6.07) is 12.7. The monoisotopic (exact) mass is 339 g/mol. The standard InChI is InChI=1S/C19H21N3OS/c1-2-15-10-16-18(21-12-22-19(16)24-15)20-11-14-8-9-23-17(14)13-6-4-3-5-7-13/h3-7,10,12,14,17H,2,8-9,11H2,1H3,(H,20,21,22). The van der Waals surface area contributed by atoms with Gasteiger partial charge in [-0.2, -0.15) is 0 Å². The Labute approximate surface area is 145 Å². The van der Waals surface area contributed by atoms with E-state index in [-0.39, 0.29) is 6.10 Å². The minimum Gasteiger partial charge on any atom is -0.373 e. The molecule has 1 N–H and O–H groups in total. The second-order valence-electron chi connectivity index (χ2n) is 6.14. The van der Waals surface area contributed by atoms with Gasteiger partial charge in [0.05, 0.1) is 11.5 Å². The molecule has 1 aliphatic rings. The molecule has 1 aromatic carbocycles. The molecule has 0 aliphatic carbocycles. The largest absolute Gasteiger partial charge is 0.373 e. The number of aromatic nitrogens is 2. The molecular weight excluding hydrogens is 318 g/mol. The molecule has 0 saturated carbocycles. The maximum atomic E-state index is 5.98. The van der Waals surface area contributed by atoms with Crippen LogP contribution >= 0.6 is 11.3 Å². The summed E-state index contributed by atoms with van der Waals surface area (Å²) in [5.74, 6) is 1.40. The van der Waals surface area contributed by atoms with Crippen LogP contribution in [-0.4, -0.2) is 23.1 Å². The van der Waals surface area contributed by atoms with Crippen LogP contribution in [0.2, 0.25) is 0 Å². The van der Waals surface area contributed by atoms with Gasteiger partial charge in [-0.1, -0.05) is 37.3 Å². The molecule has 3 heterocycles. The fourth-order valence-electron chi connectivity index (χ4n) is 3.30. The molecule has 0 spiro atoms. The van der Waals surface area contributed by atoms with Gasteiger partial charge in [0.25, 0.3) is 0 Å². The number of fused-ring (bicyclic) bond motifs is 1. The highest BCUT2D eigenvalue weighted by molar-refractivity contribution is 7.18. The van der Waals surface area contributed by atoms with Crippen molar-refractivity contribution < 1.29 is 4.74 Å². The van der Waals surface area contributed by atoms with Crippen LogP contribution < -0.4 is 5.32 Å². The third-order valence-electron chi connectivity index (χ3n) is 4.60. The molecule has 1 fully saturated rings. The summed E-state index contributed by atoms with van der Waals surface area (Å²) in [6.45, 7) is 3.86. The van der Waals surface area contributed by atoms with Gasteiger partial charge in [0.15, 0.2) is 0 Å². The van der Waals surface area contributed by atoms with Gasteiger partial charge in [0.1, 0.15) is 17.0 Å². The third kappa shape index (κ3) is 3.01. The van der Waals surface area contributed by atoms with Crippen LogP contribution in [0.3, 0.4) is 0 Å². The van der Waals surface area contributed by atoms with E-state index in [1.54, 1.807) is 17.7 Å². The van der Waals surface area contributed by atoms with Crippen LogP contribution in [0.5, 0.6) is 0 Å². The zero-order chi connectivity index (χ0) is 16.4. The van der Waals surface area contributed by atoms with Crippen molar-refractivity contribution in [3.8, 4) is 0 Å². The summed E-state index contributed by atoms with van der Waals surface area (Å²) in [5, 5.41) is 4.68. The molecule has 2 atom stereocenters. The van der Waals surface area contributed by atoms with Crippen LogP contribution in [-0.2, 0) is 11.2 Å². The molecule has 2 aromatic heterocycles. The molecule has 0 bridgehead atoms. The summed E-state index contributed by atoms with van der Waals surface area (Å²) in [7, 11) is 0. The van der Waals surface area contributed by atoms with E-state index in [0.717, 1.165) is 42.0 Å². The van der Waals surface area contributed by atoms with Crippen LogP contribution in [0.15, 0.2) is 42.7 Å². The summed E-state index contributed by atoms with van der Waals surface area (Å²) < 4.78 is 5.98. The highest BCUT2D eigenvalue weighted by Gasteiger charge is 2.29. The predicted octanol–water partition coefficient (Wildman–Crippen LogP) is 4.44. The number of nitrogens with one attached hydrogen (secondary N) is 1. The highest BCUT2D eigenvalue weighted by atomic mass is 32.1. The molecule has 2 unspecified atom stereocenters. The number of benzene rings is 1. The number of thiophene rings is 1. The van der Waals surface area contributed by atoms with Crippen molar-refractivity contribution in [2.24, 2.45) is 5.92 Å². The van der Waals surface area contributed by atoms with Gasteiger partial charge < -0.3 is 10.1 Å². The van der Waals surface area contributed by atoms with E-state index < -0.39 is 0 Å². The van der Waals surface area contributed by atoms with Gasteiger partial charge in [-0.25, -0.2) is 9.97 Å². The first-order valence-electron chi connectivity index (χ1n) is 8.49. The average molecular weight is 339 g/mol. The maximum absolute atomic E-state index is 5.98. The Balaban J connectivity index is 1.51. The van der Waals surface area contributed by atoms with Gasteiger partial charge in [-0.3, -0.25) is 0 Å². The molecule has 1 saturated heterocycles. The molecule has 4 nitrogen and oxygen atoms in total. The lowest BCUT2D eigenvalue weighted by atomic mass is 9.95. The van der Waals surface area contributed by atoms with Crippen molar-refractivity contribution in [2.75, 3.05) is 18.5 Å². The van der Waals surface area contributed by atoms with Crippen molar-refractivity contribution in [3.05, 3.63) is 53.2 Å². The smallest absolute Gasteiger partial charge is 0.138 e. The predicted molar refractivity (Wildman–Crippen MR) is 98.5 cm³/mol. The normalized spacial score (nSPS) is 20.5. The van der Waals surface area contributed by atoms with Gasteiger partial charge in [-0.15, -0.1) is 11.3 Å². The summed E-state index contributed by atoms with van der Waals surface area (Å²) in [6.07, 6.45) is 3.93. The van der Waals surface area contributed by atoms with E-state index in [0.29, 0.717) is 5.92 Å². The Hall–Kier alpha value is -1.98. The SMILES string of the molecule is CCc1cc2c(NCC3CCOC3c3ccccc3)ncnc2s1. The lowest BCUT2D eigenvalue weighted by Gasteiger charge is -2.19. The number of rotatable bonds is 5. The quantitative estimate of drug-likeness (QED) is 0.746. The van der Waals surface area contributed by atoms with Crippen LogP contribution in [0.25, 0.3) is 10.2 Å². The molecule has 1 aliphatic heterocycles. The van der Waals surface area contributed by atoms with E-state index in [9.17, 15) is 0 Å². The number of hydrogen-bond acceptors (Lipinski definition) is 5. The molecule has 4 rings (SSSR count). The number of aryl methyl sites for hydroxylation is 1. The average Bonchev–Trinajstić information content (AvgIpc) is 3.27. The van der Waals surface area contributed by atoms with Gasteiger partial charge in [-0.05, 0) is 24.5 Å². The Kier molecular flexibility index (Phi) is 4.45. The van der Waals surface area contributed by atoms with E-state index in [2.05, 4.69) is 52.5 Å².